The topological polar surface area (TPSA) is 36.8 Å². The molecule has 3 heteroatoms. The zero-order chi connectivity index (χ0) is 12.8. The first-order valence-electron chi connectivity index (χ1n) is 7.91. The van der Waals surface area contributed by atoms with Gasteiger partial charge in [-0.25, -0.2) is 0 Å². The molecule has 0 aliphatic heterocycles. The Morgan fingerprint density at radius 3 is 1.83 bits per heavy atom. The Labute approximate surface area is 112 Å². The van der Waals surface area contributed by atoms with E-state index in [2.05, 4.69) is 29.4 Å². The Kier molecular flexibility index (Phi) is 5.61. The highest BCUT2D eigenvalue weighted by Crippen LogP contribution is 2.27. The van der Waals surface area contributed by atoms with Gasteiger partial charge in [0.1, 0.15) is 0 Å². The molecule has 1 N–H and O–H groups in total. The van der Waals surface area contributed by atoms with E-state index in [0.717, 1.165) is 18.5 Å². The monoisotopic (exact) mass is 251 g/mol. The molecule has 0 amide bonds. The number of nitrogens with zero attached hydrogens (tertiary/aromatic N) is 2. The van der Waals surface area contributed by atoms with Gasteiger partial charge in [-0.1, -0.05) is 13.8 Å². The van der Waals surface area contributed by atoms with Crippen LogP contribution in [0.2, 0.25) is 0 Å². The molecule has 0 heterocycles. The fourth-order valence-electron chi connectivity index (χ4n) is 3.23. The number of hydrogen-bond acceptors (Lipinski definition) is 3. The number of nitrogens with one attached hydrogen (secondary N) is 1. The fourth-order valence-corrected chi connectivity index (χ4v) is 3.23. The zero-order valence-electron chi connectivity index (χ0n) is 12.1. The average molecular weight is 251 g/mol. The Morgan fingerprint density at radius 1 is 0.833 bits per heavy atom. The predicted octanol–water partition coefficient (Wildman–Crippen LogP) is 3.94. The first-order valence-corrected chi connectivity index (χ1v) is 7.91. The maximum absolute atomic E-state index is 4.62. The van der Waals surface area contributed by atoms with E-state index in [1.54, 1.807) is 0 Å². The van der Waals surface area contributed by atoms with E-state index in [1.807, 2.05) is 0 Å². The molecular weight excluding hydrogens is 222 g/mol. The lowest BCUT2D eigenvalue weighted by Crippen LogP contribution is -2.33. The van der Waals surface area contributed by atoms with Crippen molar-refractivity contribution in [3.8, 4) is 0 Å². The Hall–Kier alpha value is -0.440. The minimum Gasteiger partial charge on any atom is -0.314 e. The van der Waals surface area contributed by atoms with Crippen molar-refractivity contribution in [1.82, 2.24) is 5.32 Å². The summed E-state index contributed by atoms with van der Waals surface area (Å²) in [6.07, 6.45) is 10.2. The van der Waals surface area contributed by atoms with Crippen LogP contribution in [0.15, 0.2) is 10.2 Å². The van der Waals surface area contributed by atoms with Gasteiger partial charge in [-0.2, -0.15) is 10.2 Å². The zero-order valence-corrected chi connectivity index (χ0v) is 12.1. The van der Waals surface area contributed by atoms with Crippen LogP contribution in [0.3, 0.4) is 0 Å². The van der Waals surface area contributed by atoms with E-state index in [1.165, 1.54) is 51.4 Å². The van der Waals surface area contributed by atoms with Crippen LogP contribution in [-0.2, 0) is 0 Å². The summed E-state index contributed by atoms with van der Waals surface area (Å²) in [5.74, 6) is 0.909. The van der Waals surface area contributed by atoms with Crippen molar-refractivity contribution in [3.63, 3.8) is 0 Å². The van der Waals surface area contributed by atoms with Crippen molar-refractivity contribution in [3.05, 3.63) is 0 Å². The molecule has 0 saturated heterocycles. The summed E-state index contributed by atoms with van der Waals surface area (Å²) >= 11 is 0. The summed E-state index contributed by atoms with van der Waals surface area (Å²) in [5.41, 5.74) is 0. The van der Waals surface area contributed by atoms with Gasteiger partial charge in [-0.15, -0.1) is 0 Å². The molecule has 0 spiro atoms. The first-order chi connectivity index (χ1) is 8.78. The molecule has 0 unspecified atom stereocenters. The second-order valence-electron chi connectivity index (χ2n) is 6.21. The molecule has 0 bridgehead atoms. The van der Waals surface area contributed by atoms with Crippen LogP contribution in [0.1, 0.15) is 65.2 Å². The number of hydrogen-bond donors (Lipinski definition) is 1. The lowest BCUT2D eigenvalue weighted by Gasteiger charge is -2.27. The van der Waals surface area contributed by atoms with Gasteiger partial charge in [0.15, 0.2) is 0 Å². The predicted molar refractivity (Wildman–Crippen MR) is 76.0 cm³/mol. The fraction of sp³-hybridized carbons (Fsp3) is 1.00. The van der Waals surface area contributed by atoms with Gasteiger partial charge in [0, 0.05) is 6.04 Å². The van der Waals surface area contributed by atoms with Gasteiger partial charge in [0.2, 0.25) is 0 Å². The van der Waals surface area contributed by atoms with E-state index in [-0.39, 0.29) is 0 Å². The summed E-state index contributed by atoms with van der Waals surface area (Å²) in [7, 11) is 0. The minimum atomic E-state index is 0.513. The standard InChI is InChI=1S/C15H29N3/c1-3-16-13-8-10-15(11-9-13)18-17-14-6-4-12(2)5-7-14/h12-16H,3-11H2,1-2H3. The largest absolute Gasteiger partial charge is 0.314 e. The highest BCUT2D eigenvalue weighted by Gasteiger charge is 2.21. The van der Waals surface area contributed by atoms with Crippen LogP contribution < -0.4 is 5.32 Å². The van der Waals surface area contributed by atoms with Crippen molar-refractivity contribution in [1.29, 1.82) is 0 Å². The molecular formula is C15H29N3. The summed E-state index contributed by atoms with van der Waals surface area (Å²) in [5, 5.41) is 12.8. The molecule has 0 radical (unpaired) electrons. The molecule has 2 rings (SSSR count). The smallest absolute Gasteiger partial charge is 0.0709 e. The maximum atomic E-state index is 4.62. The van der Waals surface area contributed by atoms with Crippen LogP contribution >= 0.6 is 0 Å². The van der Waals surface area contributed by atoms with Crippen molar-refractivity contribution in [2.45, 2.75) is 83.3 Å². The van der Waals surface area contributed by atoms with Crippen LogP contribution in [0.5, 0.6) is 0 Å². The van der Waals surface area contributed by atoms with Crippen molar-refractivity contribution in [2.24, 2.45) is 16.1 Å². The van der Waals surface area contributed by atoms with Gasteiger partial charge in [-0.05, 0) is 63.8 Å². The number of rotatable bonds is 4. The maximum Gasteiger partial charge on any atom is 0.0709 e. The molecule has 0 aromatic carbocycles. The molecule has 3 nitrogen and oxygen atoms in total. The molecule has 0 aromatic heterocycles. The van der Waals surface area contributed by atoms with Crippen LogP contribution in [0.25, 0.3) is 0 Å². The summed E-state index contributed by atoms with van der Waals surface area (Å²) < 4.78 is 0. The Bertz CT molecular complexity index is 248. The first kappa shape index (κ1) is 14.0. The van der Waals surface area contributed by atoms with E-state index in [0.29, 0.717) is 12.1 Å². The van der Waals surface area contributed by atoms with Crippen LogP contribution in [0.4, 0.5) is 0 Å². The summed E-state index contributed by atoms with van der Waals surface area (Å²) in [6.45, 7) is 5.64. The highest BCUT2D eigenvalue weighted by atomic mass is 15.1. The summed E-state index contributed by atoms with van der Waals surface area (Å²) in [6, 6.07) is 1.78. The van der Waals surface area contributed by atoms with E-state index >= 15 is 0 Å². The van der Waals surface area contributed by atoms with Crippen molar-refractivity contribution in [2.75, 3.05) is 6.54 Å². The van der Waals surface area contributed by atoms with E-state index in [4.69, 9.17) is 0 Å². The van der Waals surface area contributed by atoms with Crippen molar-refractivity contribution >= 4 is 0 Å². The molecule has 2 aliphatic rings. The second-order valence-corrected chi connectivity index (χ2v) is 6.21. The molecule has 0 aromatic rings. The van der Waals surface area contributed by atoms with Crippen LogP contribution in [0, 0.1) is 5.92 Å². The third-order valence-electron chi connectivity index (χ3n) is 4.57. The van der Waals surface area contributed by atoms with Gasteiger partial charge < -0.3 is 5.32 Å². The highest BCUT2D eigenvalue weighted by molar-refractivity contribution is 4.81. The van der Waals surface area contributed by atoms with Gasteiger partial charge >= 0.3 is 0 Å². The van der Waals surface area contributed by atoms with Crippen molar-refractivity contribution < 1.29 is 0 Å². The minimum absolute atomic E-state index is 0.513. The molecule has 2 fully saturated rings. The van der Waals surface area contributed by atoms with Gasteiger partial charge in [-0.3, -0.25) is 0 Å². The number of azo groups is 1. The van der Waals surface area contributed by atoms with E-state index in [9.17, 15) is 0 Å². The third kappa shape index (κ3) is 4.34. The lowest BCUT2D eigenvalue weighted by atomic mass is 9.88. The molecule has 2 aliphatic carbocycles. The van der Waals surface area contributed by atoms with Gasteiger partial charge in [0.25, 0.3) is 0 Å². The summed E-state index contributed by atoms with van der Waals surface area (Å²) in [4.78, 5) is 0. The molecule has 2 saturated carbocycles. The quantitative estimate of drug-likeness (QED) is 0.755. The second kappa shape index (κ2) is 7.22. The average Bonchev–Trinajstić information content (AvgIpc) is 2.40. The Balaban J connectivity index is 1.67. The van der Waals surface area contributed by atoms with E-state index < -0.39 is 0 Å². The normalized spacial score (nSPS) is 38.1. The van der Waals surface area contributed by atoms with Crippen LogP contribution in [-0.4, -0.2) is 24.7 Å². The molecule has 0 atom stereocenters. The Morgan fingerprint density at radius 2 is 1.33 bits per heavy atom. The lowest BCUT2D eigenvalue weighted by molar-refractivity contribution is 0.317. The molecule has 104 valence electrons. The SMILES string of the molecule is CCNC1CCC(N=NC2CCC(C)CC2)CC1. The third-order valence-corrected chi connectivity index (χ3v) is 4.57. The van der Waals surface area contributed by atoms with Gasteiger partial charge in [0.05, 0.1) is 12.1 Å². The molecule has 18 heavy (non-hydrogen) atoms.